The van der Waals surface area contributed by atoms with E-state index in [-0.39, 0.29) is 6.04 Å². The van der Waals surface area contributed by atoms with Crippen molar-refractivity contribution in [2.45, 2.75) is 38.9 Å². The van der Waals surface area contributed by atoms with Gasteiger partial charge in [-0.1, -0.05) is 6.92 Å². The van der Waals surface area contributed by atoms with E-state index in [1.165, 1.54) is 5.69 Å². The largest absolute Gasteiger partial charge is 0.333 e. The Morgan fingerprint density at radius 1 is 1.56 bits per heavy atom. The Labute approximate surface area is 115 Å². The standard InChI is InChI=1S/C13H26N4S/c1-5-6-17-10-15-8-13(17)12(7-14)16(3)11(2)9-18-4/h8,10-12H,5-7,9,14H2,1-4H3. The van der Waals surface area contributed by atoms with E-state index in [1.54, 1.807) is 0 Å². The third kappa shape index (κ3) is 3.73. The molecule has 0 saturated heterocycles. The van der Waals surface area contributed by atoms with Crippen molar-refractivity contribution >= 4 is 11.8 Å². The van der Waals surface area contributed by atoms with Crippen LogP contribution in [0.25, 0.3) is 0 Å². The van der Waals surface area contributed by atoms with Gasteiger partial charge in [0, 0.05) is 31.1 Å². The topological polar surface area (TPSA) is 47.1 Å². The van der Waals surface area contributed by atoms with Crippen LogP contribution >= 0.6 is 11.8 Å². The van der Waals surface area contributed by atoms with Crippen LogP contribution in [0.2, 0.25) is 0 Å². The van der Waals surface area contributed by atoms with Gasteiger partial charge in [-0.05, 0) is 26.6 Å². The number of hydrogen-bond donors (Lipinski definition) is 1. The first-order valence-electron chi connectivity index (χ1n) is 6.56. The van der Waals surface area contributed by atoms with Crippen molar-refractivity contribution in [1.82, 2.24) is 14.5 Å². The molecule has 0 saturated carbocycles. The average molecular weight is 270 g/mol. The lowest BCUT2D eigenvalue weighted by Gasteiger charge is -2.32. The molecule has 1 rings (SSSR count). The summed E-state index contributed by atoms with van der Waals surface area (Å²) in [7, 11) is 2.15. The van der Waals surface area contributed by atoms with E-state index in [2.05, 4.69) is 41.6 Å². The van der Waals surface area contributed by atoms with Crippen LogP contribution in [-0.2, 0) is 6.54 Å². The molecule has 4 nitrogen and oxygen atoms in total. The Morgan fingerprint density at radius 2 is 2.28 bits per heavy atom. The van der Waals surface area contributed by atoms with Crippen molar-refractivity contribution in [1.29, 1.82) is 0 Å². The summed E-state index contributed by atoms with van der Waals surface area (Å²) in [6.07, 6.45) is 7.12. The number of aromatic nitrogens is 2. The number of rotatable bonds is 8. The van der Waals surface area contributed by atoms with Gasteiger partial charge in [0.25, 0.3) is 0 Å². The van der Waals surface area contributed by atoms with E-state index in [1.807, 2.05) is 24.3 Å². The second-order valence-electron chi connectivity index (χ2n) is 4.73. The maximum Gasteiger partial charge on any atom is 0.0948 e. The van der Waals surface area contributed by atoms with Crippen LogP contribution < -0.4 is 5.73 Å². The molecule has 1 heterocycles. The predicted octanol–water partition coefficient (Wildman–Crippen LogP) is 1.98. The lowest BCUT2D eigenvalue weighted by Crippen LogP contribution is -2.39. The number of nitrogens with two attached hydrogens (primary N) is 1. The first-order valence-corrected chi connectivity index (χ1v) is 7.96. The van der Waals surface area contributed by atoms with E-state index in [0.29, 0.717) is 12.6 Å². The van der Waals surface area contributed by atoms with Gasteiger partial charge in [0.1, 0.15) is 0 Å². The molecular formula is C13H26N4S. The fourth-order valence-corrected chi connectivity index (χ4v) is 2.92. The summed E-state index contributed by atoms with van der Waals surface area (Å²) in [5.41, 5.74) is 7.21. The van der Waals surface area contributed by atoms with Gasteiger partial charge in [-0.25, -0.2) is 4.98 Å². The van der Waals surface area contributed by atoms with Gasteiger partial charge < -0.3 is 10.3 Å². The molecule has 0 spiro atoms. The van der Waals surface area contributed by atoms with Crippen LogP contribution in [0.3, 0.4) is 0 Å². The van der Waals surface area contributed by atoms with Crippen molar-refractivity contribution in [2.75, 3.05) is 25.6 Å². The summed E-state index contributed by atoms with van der Waals surface area (Å²) in [5, 5.41) is 0. The molecule has 0 aromatic carbocycles. The van der Waals surface area contributed by atoms with Crippen molar-refractivity contribution in [3.05, 3.63) is 18.2 Å². The van der Waals surface area contributed by atoms with E-state index < -0.39 is 0 Å². The third-order valence-electron chi connectivity index (χ3n) is 3.37. The van der Waals surface area contributed by atoms with Gasteiger partial charge >= 0.3 is 0 Å². The highest BCUT2D eigenvalue weighted by Gasteiger charge is 2.22. The van der Waals surface area contributed by atoms with Gasteiger partial charge in [0.05, 0.1) is 18.1 Å². The van der Waals surface area contributed by atoms with Gasteiger partial charge in [0.2, 0.25) is 0 Å². The van der Waals surface area contributed by atoms with Crippen LogP contribution in [0.4, 0.5) is 0 Å². The van der Waals surface area contributed by atoms with E-state index in [0.717, 1.165) is 18.7 Å². The molecule has 1 aromatic rings. The number of thioether (sulfide) groups is 1. The van der Waals surface area contributed by atoms with Crippen molar-refractivity contribution in [2.24, 2.45) is 5.73 Å². The molecule has 0 bridgehead atoms. The maximum atomic E-state index is 5.97. The normalized spacial score (nSPS) is 15.0. The fourth-order valence-electron chi connectivity index (χ4n) is 2.20. The minimum Gasteiger partial charge on any atom is -0.333 e. The molecule has 2 atom stereocenters. The molecular weight excluding hydrogens is 244 g/mol. The summed E-state index contributed by atoms with van der Waals surface area (Å²) in [6, 6.07) is 0.764. The number of nitrogens with zero attached hydrogens (tertiary/aromatic N) is 3. The monoisotopic (exact) mass is 270 g/mol. The molecule has 0 fully saturated rings. The van der Waals surface area contributed by atoms with Gasteiger partial charge in [0.15, 0.2) is 0 Å². The number of likely N-dealkylation sites (N-methyl/N-ethyl adjacent to an activating group) is 1. The Balaban J connectivity index is 2.84. The zero-order chi connectivity index (χ0) is 13.5. The highest BCUT2D eigenvalue weighted by molar-refractivity contribution is 7.98. The van der Waals surface area contributed by atoms with Crippen LogP contribution in [0.15, 0.2) is 12.5 Å². The van der Waals surface area contributed by atoms with Gasteiger partial charge in [-0.2, -0.15) is 11.8 Å². The summed E-state index contributed by atoms with van der Waals surface area (Å²) in [6.45, 7) is 6.07. The smallest absolute Gasteiger partial charge is 0.0948 e. The quantitative estimate of drug-likeness (QED) is 0.784. The summed E-state index contributed by atoms with van der Waals surface area (Å²) in [5.74, 6) is 1.12. The Hall–Kier alpha value is -0.520. The van der Waals surface area contributed by atoms with E-state index >= 15 is 0 Å². The van der Waals surface area contributed by atoms with E-state index in [9.17, 15) is 0 Å². The minimum atomic E-state index is 0.251. The molecule has 18 heavy (non-hydrogen) atoms. The Bertz CT molecular complexity index is 339. The van der Waals surface area contributed by atoms with Crippen LogP contribution in [0.5, 0.6) is 0 Å². The molecule has 1 aromatic heterocycles. The molecule has 104 valence electrons. The zero-order valence-corrected chi connectivity index (χ0v) is 12.8. The molecule has 0 aliphatic rings. The molecule has 0 aliphatic carbocycles. The zero-order valence-electron chi connectivity index (χ0n) is 12.0. The van der Waals surface area contributed by atoms with E-state index in [4.69, 9.17) is 5.73 Å². The summed E-state index contributed by atoms with van der Waals surface area (Å²) in [4.78, 5) is 6.63. The first-order chi connectivity index (χ1) is 8.65. The van der Waals surface area contributed by atoms with Crippen LogP contribution in [-0.4, -0.2) is 46.1 Å². The molecule has 0 amide bonds. The van der Waals surface area contributed by atoms with Crippen molar-refractivity contribution in [3.63, 3.8) is 0 Å². The fraction of sp³-hybridized carbons (Fsp3) is 0.769. The SMILES string of the molecule is CCCn1cncc1C(CN)N(C)C(C)CSC. The maximum absolute atomic E-state index is 5.97. The molecule has 0 aliphatic heterocycles. The second-order valence-corrected chi connectivity index (χ2v) is 5.64. The minimum absolute atomic E-state index is 0.251. The lowest BCUT2D eigenvalue weighted by atomic mass is 10.1. The van der Waals surface area contributed by atoms with Crippen LogP contribution in [0, 0.1) is 0 Å². The molecule has 5 heteroatoms. The Kier molecular flexibility index (Phi) is 6.75. The Morgan fingerprint density at radius 3 is 2.83 bits per heavy atom. The second kappa shape index (κ2) is 7.81. The number of imidazole rings is 1. The van der Waals surface area contributed by atoms with Crippen molar-refractivity contribution in [3.8, 4) is 0 Å². The molecule has 2 unspecified atom stereocenters. The number of aryl methyl sites for hydroxylation is 1. The number of hydrogen-bond acceptors (Lipinski definition) is 4. The summed E-state index contributed by atoms with van der Waals surface area (Å²) < 4.78 is 2.22. The molecule has 0 radical (unpaired) electrons. The molecule has 2 N–H and O–H groups in total. The van der Waals surface area contributed by atoms with Crippen LogP contribution in [0.1, 0.15) is 32.0 Å². The third-order valence-corrected chi connectivity index (χ3v) is 4.18. The first kappa shape index (κ1) is 15.5. The van der Waals surface area contributed by atoms with Crippen molar-refractivity contribution < 1.29 is 0 Å². The predicted molar refractivity (Wildman–Crippen MR) is 79.9 cm³/mol. The highest BCUT2D eigenvalue weighted by atomic mass is 32.2. The average Bonchev–Trinajstić information content (AvgIpc) is 2.79. The summed E-state index contributed by atoms with van der Waals surface area (Å²) >= 11 is 1.87. The lowest BCUT2D eigenvalue weighted by molar-refractivity contribution is 0.196. The highest BCUT2D eigenvalue weighted by Crippen LogP contribution is 2.21. The van der Waals surface area contributed by atoms with Gasteiger partial charge in [-0.15, -0.1) is 0 Å². The van der Waals surface area contributed by atoms with Gasteiger partial charge in [-0.3, -0.25) is 4.90 Å².